The molecule has 0 saturated carbocycles. The molecule has 0 aromatic heterocycles. The highest BCUT2D eigenvalue weighted by atomic mass is 32.2. The van der Waals surface area contributed by atoms with Crippen molar-refractivity contribution in [2.24, 2.45) is 0 Å². The molecule has 0 spiro atoms. The SMILES string of the molecule is CCCS(=O)(=O)Nc1cccc(NC(=O)[C@@H]2CC[C@H](C(=O)O)O2)c1. The summed E-state index contributed by atoms with van der Waals surface area (Å²) < 4.78 is 31.1. The van der Waals surface area contributed by atoms with Crippen molar-refractivity contribution in [1.29, 1.82) is 0 Å². The van der Waals surface area contributed by atoms with E-state index in [1.54, 1.807) is 25.1 Å². The fourth-order valence-corrected chi connectivity index (χ4v) is 3.52. The predicted molar refractivity (Wildman–Crippen MR) is 88.3 cm³/mol. The lowest BCUT2D eigenvalue weighted by molar-refractivity contribution is -0.150. The zero-order chi connectivity index (χ0) is 17.7. The molecule has 1 aliphatic rings. The summed E-state index contributed by atoms with van der Waals surface area (Å²) in [5.74, 6) is -1.53. The van der Waals surface area contributed by atoms with Crippen molar-refractivity contribution in [3.63, 3.8) is 0 Å². The molecule has 1 saturated heterocycles. The largest absolute Gasteiger partial charge is 0.479 e. The first kappa shape index (κ1) is 18.2. The van der Waals surface area contributed by atoms with Crippen LogP contribution in [-0.4, -0.2) is 43.4 Å². The van der Waals surface area contributed by atoms with Gasteiger partial charge in [0.25, 0.3) is 5.91 Å². The highest BCUT2D eigenvalue weighted by Gasteiger charge is 2.34. The monoisotopic (exact) mass is 356 g/mol. The van der Waals surface area contributed by atoms with Gasteiger partial charge in [-0.15, -0.1) is 0 Å². The van der Waals surface area contributed by atoms with Gasteiger partial charge in [-0.3, -0.25) is 9.52 Å². The molecular formula is C15H20N2O6S. The van der Waals surface area contributed by atoms with E-state index in [1.165, 1.54) is 6.07 Å². The molecule has 1 amide bonds. The number of amides is 1. The third kappa shape index (κ3) is 4.93. The molecule has 1 heterocycles. The van der Waals surface area contributed by atoms with Gasteiger partial charge in [0.05, 0.1) is 11.4 Å². The molecule has 9 heteroatoms. The first-order valence-electron chi connectivity index (χ1n) is 7.60. The lowest BCUT2D eigenvalue weighted by atomic mass is 10.2. The second-order valence-electron chi connectivity index (χ2n) is 5.52. The van der Waals surface area contributed by atoms with Crippen LogP contribution in [0.4, 0.5) is 11.4 Å². The minimum absolute atomic E-state index is 0.01000. The van der Waals surface area contributed by atoms with E-state index in [0.29, 0.717) is 24.2 Å². The number of carbonyl (C=O) groups is 2. The molecule has 1 fully saturated rings. The second-order valence-corrected chi connectivity index (χ2v) is 7.36. The Morgan fingerprint density at radius 2 is 1.92 bits per heavy atom. The summed E-state index contributed by atoms with van der Waals surface area (Å²) in [4.78, 5) is 23.0. The van der Waals surface area contributed by atoms with Gasteiger partial charge in [-0.25, -0.2) is 13.2 Å². The van der Waals surface area contributed by atoms with E-state index >= 15 is 0 Å². The van der Waals surface area contributed by atoms with E-state index in [-0.39, 0.29) is 12.2 Å². The number of hydrogen-bond donors (Lipinski definition) is 3. The Kier molecular flexibility index (Phi) is 5.79. The molecule has 132 valence electrons. The number of rotatable bonds is 7. The zero-order valence-electron chi connectivity index (χ0n) is 13.2. The normalized spacial score (nSPS) is 20.5. The van der Waals surface area contributed by atoms with Gasteiger partial charge in [-0.1, -0.05) is 13.0 Å². The Hall–Kier alpha value is -2.13. The molecule has 1 aromatic carbocycles. The van der Waals surface area contributed by atoms with E-state index in [4.69, 9.17) is 9.84 Å². The molecule has 1 aliphatic heterocycles. The molecular weight excluding hydrogens is 336 g/mol. The van der Waals surface area contributed by atoms with Gasteiger partial charge in [0.1, 0.15) is 6.10 Å². The van der Waals surface area contributed by atoms with Crippen molar-refractivity contribution in [1.82, 2.24) is 0 Å². The molecule has 2 atom stereocenters. The predicted octanol–water partition coefficient (Wildman–Crippen LogP) is 1.41. The van der Waals surface area contributed by atoms with Crippen molar-refractivity contribution < 1.29 is 27.9 Å². The first-order chi connectivity index (χ1) is 11.3. The summed E-state index contributed by atoms with van der Waals surface area (Å²) in [5.41, 5.74) is 0.746. The Labute approximate surface area is 140 Å². The lowest BCUT2D eigenvalue weighted by Gasteiger charge is -2.13. The summed E-state index contributed by atoms with van der Waals surface area (Å²) in [6, 6.07) is 6.29. The van der Waals surface area contributed by atoms with Crippen LogP contribution in [0.25, 0.3) is 0 Å². The maximum atomic E-state index is 12.1. The molecule has 8 nitrogen and oxygen atoms in total. The van der Waals surface area contributed by atoms with E-state index < -0.39 is 34.1 Å². The van der Waals surface area contributed by atoms with Crippen LogP contribution < -0.4 is 10.0 Å². The van der Waals surface area contributed by atoms with Crippen LogP contribution in [0.5, 0.6) is 0 Å². The summed E-state index contributed by atoms with van der Waals surface area (Å²) in [7, 11) is -3.42. The third-order valence-corrected chi connectivity index (χ3v) is 4.96. The maximum Gasteiger partial charge on any atom is 0.332 e. The topological polar surface area (TPSA) is 122 Å². The Morgan fingerprint density at radius 1 is 1.25 bits per heavy atom. The molecule has 0 aliphatic carbocycles. The quantitative estimate of drug-likeness (QED) is 0.679. The van der Waals surface area contributed by atoms with Gasteiger partial charge in [0, 0.05) is 5.69 Å². The van der Waals surface area contributed by atoms with E-state index in [2.05, 4.69) is 10.0 Å². The number of ether oxygens (including phenoxy) is 1. The lowest BCUT2D eigenvalue weighted by Crippen LogP contribution is -2.30. The summed E-state index contributed by atoms with van der Waals surface area (Å²) in [6.07, 6.45) is -0.690. The van der Waals surface area contributed by atoms with Gasteiger partial charge < -0.3 is 15.2 Å². The van der Waals surface area contributed by atoms with Gasteiger partial charge >= 0.3 is 5.97 Å². The summed E-state index contributed by atoms with van der Waals surface area (Å²) in [5, 5.41) is 11.5. The zero-order valence-corrected chi connectivity index (χ0v) is 14.0. The maximum absolute atomic E-state index is 12.1. The molecule has 24 heavy (non-hydrogen) atoms. The number of hydrogen-bond acceptors (Lipinski definition) is 5. The van der Waals surface area contributed by atoms with E-state index in [0.717, 1.165) is 0 Å². The van der Waals surface area contributed by atoms with Gasteiger partial charge in [0.2, 0.25) is 10.0 Å². The van der Waals surface area contributed by atoms with Crippen LogP contribution >= 0.6 is 0 Å². The average Bonchev–Trinajstić information content (AvgIpc) is 2.97. The van der Waals surface area contributed by atoms with Crippen LogP contribution in [0.2, 0.25) is 0 Å². The number of anilines is 2. The second kappa shape index (κ2) is 7.63. The van der Waals surface area contributed by atoms with Crippen molar-refractivity contribution in [2.75, 3.05) is 15.8 Å². The molecule has 3 N–H and O–H groups in total. The van der Waals surface area contributed by atoms with Crippen LogP contribution in [0.1, 0.15) is 26.2 Å². The van der Waals surface area contributed by atoms with Crippen LogP contribution in [0, 0.1) is 0 Å². The van der Waals surface area contributed by atoms with Gasteiger partial charge in [-0.2, -0.15) is 0 Å². The number of carboxylic acids is 1. The van der Waals surface area contributed by atoms with Gasteiger partial charge in [0.15, 0.2) is 6.10 Å². The highest BCUT2D eigenvalue weighted by molar-refractivity contribution is 7.92. The minimum atomic E-state index is -3.42. The summed E-state index contributed by atoms with van der Waals surface area (Å²) in [6.45, 7) is 1.77. The number of carbonyl (C=O) groups excluding carboxylic acids is 1. The third-order valence-electron chi connectivity index (χ3n) is 3.46. The number of benzene rings is 1. The minimum Gasteiger partial charge on any atom is -0.479 e. The van der Waals surface area contributed by atoms with Crippen LogP contribution in [0.15, 0.2) is 24.3 Å². The number of nitrogens with one attached hydrogen (secondary N) is 2. The highest BCUT2D eigenvalue weighted by Crippen LogP contribution is 2.22. The average molecular weight is 356 g/mol. The molecule has 2 rings (SSSR count). The van der Waals surface area contributed by atoms with E-state index in [1.807, 2.05) is 0 Å². The fraction of sp³-hybridized carbons (Fsp3) is 0.467. The smallest absolute Gasteiger partial charge is 0.332 e. The Balaban J connectivity index is 1.99. The van der Waals surface area contributed by atoms with Crippen molar-refractivity contribution in [2.45, 2.75) is 38.4 Å². The summed E-state index contributed by atoms with van der Waals surface area (Å²) >= 11 is 0. The van der Waals surface area contributed by atoms with Crippen molar-refractivity contribution in [3.8, 4) is 0 Å². The molecule has 1 aromatic rings. The Morgan fingerprint density at radius 3 is 2.54 bits per heavy atom. The first-order valence-corrected chi connectivity index (χ1v) is 9.25. The Bertz CT molecular complexity index is 718. The molecule has 0 radical (unpaired) electrons. The van der Waals surface area contributed by atoms with Gasteiger partial charge in [-0.05, 0) is 37.5 Å². The number of sulfonamides is 1. The fourth-order valence-electron chi connectivity index (χ4n) is 2.39. The standard InChI is InChI=1S/C15H20N2O6S/c1-2-8-24(21,22)17-11-5-3-4-10(9-11)16-14(18)12-6-7-13(23-12)15(19)20/h3-5,9,12-13,17H,2,6-8H2,1H3,(H,16,18)(H,19,20)/t12-,13+/m0/s1. The molecule has 0 unspecified atom stereocenters. The van der Waals surface area contributed by atoms with Crippen molar-refractivity contribution >= 4 is 33.3 Å². The number of carboxylic acid groups (broad SMARTS) is 1. The van der Waals surface area contributed by atoms with Crippen LogP contribution in [0.3, 0.4) is 0 Å². The molecule has 0 bridgehead atoms. The van der Waals surface area contributed by atoms with Crippen molar-refractivity contribution in [3.05, 3.63) is 24.3 Å². The number of aliphatic carboxylic acids is 1. The van der Waals surface area contributed by atoms with E-state index in [9.17, 15) is 18.0 Å². The van der Waals surface area contributed by atoms with Crippen LogP contribution in [-0.2, 0) is 24.3 Å².